The molecule has 0 aromatic heterocycles. The van der Waals surface area contributed by atoms with E-state index in [9.17, 15) is 0 Å². The van der Waals surface area contributed by atoms with Crippen LogP contribution in [0.4, 0.5) is 0 Å². The molecule has 0 aromatic carbocycles. The number of nitrogens with two attached hydrogens (primary N) is 1. The number of hydrogen-bond donors (Lipinski definition) is 1. The minimum Gasteiger partial charge on any atom is -0.496 e. The fourth-order valence-corrected chi connectivity index (χ4v) is 3.16. The number of ether oxygens (including phenoxy) is 2. The van der Waals surface area contributed by atoms with Crippen molar-refractivity contribution in [2.24, 2.45) is 11.7 Å². The highest BCUT2D eigenvalue weighted by Crippen LogP contribution is 2.31. The lowest BCUT2D eigenvalue weighted by Crippen LogP contribution is -2.45. The molecule has 1 aliphatic heterocycles. The summed E-state index contributed by atoms with van der Waals surface area (Å²) in [5.41, 5.74) is 6.39. The Morgan fingerprint density at radius 1 is 1.33 bits per heavy atom. The lowest BCUT2D eigenvalue weighted by molar-refractivity contribution is -0.0151. The summed E-state index contributed by atoms with van der Waals surface area (Å²) in [4.78, 5) is 0. The zero-order valence-electron chi connectivity index (χ0n) is 11.6. The van der Waals surface area contributed by atoms with Gasteiger partial charge in [0.1, 0.15) is 5.76 Å². The number of allylic oxidation sites excluding steroid dienone is 1. The zero-order chi connectivity index (χ0) is 12.8. The normalized spacial score (nSPS) is 25.1. The van der Waals surface area contributed by atoms with E-state index >= 15 is 0 Å². The van der Waals surface area contributed by atoms with Crippen molar-refractivity contribution in [3.8, 4) is 0 Å². The maximum Gasteiger partial charge on any atom is 0.111 e. The molecule has 0 saturated heterocycles. The summed E-state index contributed by atoms with van der Waals surface area (Å²) in [7, 11) is 0. The summed E-state index contributed by atoms with van der Waals surface area (Å²) >= 11 is 0. The summed E-state index contributed by atoms with van der Waals surface area (Å²) in [6.45, 7) is 3.60. The van der Waals surface area contributed by atoms with Gasteiger partial charge in [-0.3, -0.25) is 0 Å². The van der Waals surface area contributed by atoms with E-state index < -0.39 is 0 Å². The van der Waals surface area contributed by atoms with Crippen LogP contribution in [0.25, 0.3) is 0 Å². The lowest BCUT2D eigenvalue weighted by Gasteiger charge is -2.35. The average molecular weight is 253 g/mol. The van der Waals surface area contributed by atoms with Crippen LogP contribution in [0.2, 0.25) is 0 Å². The third kappa shape index (κ3) is 3.48. The van der Waals surface area contributed by atoms with E-state index in [0.717, 1.165) is 31.8 Å². The van der Waals surface area contributed by atoms with Gasteiger partial charge < -0.3 is 15.2 Å². The summed E-state index contributed by atoms with van der Waals surface area (Å²) in [5.74, 6) is 1.57. The van der Waals surface area contributed by atoms with Crippen LogP contribution in [0, 0.1) is 5.92 Å². The molecule has 2 atom stereocenters. The van der Waals surface area contributed by atoms with Gasteiger partial charge in [0.2, 0.25) is 0 Å². The molecule has 2 unspecified atom stereocenters. The van der Waals surface area contributed by atoms with Crippen LogP contribution in [0.1, 0.15) is 51.9 Å². The molecule has 2 N–H and O–H groups in total. The highest BCUT2D eigenvalue weighted by Gasteiger charge is 2.32. The van der Waals surface area contributed by atoms with Crippen molar-refractivity contribution < 1.29 is 9.47 Å². The minimum atomic E-state index is -0.0756. The third-order valence-corrected chi connectivity index (χ3v) is 4.12. The third-order valence-electron chi connectivity index (χ3n) is 4.12. The van der Waals surface area contributed by atoms with Gasteiger partial charge in [-0.05, 0) is 44.6 Å². The fraction of sp³-hybridized carbons (Fsp3) is 0.867. The van der Waals surface area contributed by atoms with E-state index in [2.05, 4.69) is 13.0 Å². The van der Waals surface area contributed by atoms with Gasteiger partial charge in [-0.2, -0.15) is 0 Å². The van der Waals surface area contributed by atoms with Gasteiger partial charge in [0.25, 0.3) is 0 Å². The van der Waals surface area contributed by atoms with Crippen LogP contribution in [-0.4, -0.2) is 25.4 Å². The standard InChI is InChI=1S/C15H27NO2/c1-2-17-15(12-8-4-3-5-9-12)14(16)13-10-6-7-11-18-13/h10,12,14-15H,2-9,11,16H2,1H3. The van der Waals surface area contributed by atoms with Crippen molar-refractivity contribution >= 4 is 0 Å². The Morgan fingerprint density at radius 2 is 2.11 bits per heavy atom. The molecular formula is C15H27NO2. The molecule has 1 fully saturated rings. The molecule has 1 heterocycles. The van der Waals surface area contributed by atoms with Crippen LogP contribution in [0.5, 0.6) is 0 Å². The minimum absolute atomic E-state index is 0.0756. The average Bonchev–Trinajstić information content (AvgIpc) is 2.46. The van der Waals surface area contributed by atoms with E-state index in [1.807, 2.05) is 0 Å². The summed E-state index contributed by atoms with van der Waals surface area (Å²) in [6, 6.07) is -0.0756. The van der Waals surface area contributed by atoms with Gasteiger partial charge in [0.15, 0.2) is 0 Å². The maximum atomic E-state index is 6.39. The molecule has 2 rings (SSSR count). The Labute approximate surface area is 111 Å². The summed E-state index contributed by atoms with van der Waals surface area (Å²) < 4.78 is 11.7. The summed E-state index contributed by atoms with van der Waals surface area (Å²) in [5, 5.41) is 0. The predicted octanol–water partition coefficient (Wildman–Crippen LogP) is 2.99. The Morgan fingerprint density at radius 3 is 2.72 bits per heavy atom. The van der Waals surface area contributed by atoms with Crippen molar-refractivity contribution in [2.75, 3.05) is 13.2 Å². The van der Waals surface area contributed by atoms with Crippen LogP contribution in [-0.2, 0) is 9.47 Å². The molecule has 1 aliphatic carbocycles. The molecule has 1 saturated carbocycles. The van der Waals surface area contributed by atoms with Crippen molar-refractivity contribution in [1.29, 1.82) is 0 Å². The van der Waals surface area contributed by atoms with E-state index in [-0.39, 0.29) is 12.1 Å². The van der Waals surface area contributed by atoms with E-state index in [1.165, 1.54) is 32.1 Å². The molecule has 0 amide bonds. The van der Waals surface area contributed by atoms with E-state index in [1.54, 1.807) is 0 Å². The first kappa shape index (κ1) is 13.9. The Hall–Kier alpha value is -0.540. The number of hydrogen-bond acceptors (Lipinski definition) is 3. The zero-order valence-corrected chi connectivity index (χ0v) is 11.6. The molecule has 18 heavy (non-hydrogen) atoms. The number of rotatable bonds is 5. The Balaban J connectivity index is 2.00. The van der Waals surface area contributed by atoms with Crippen molar-refractivity contribution in [1.82, 2.24) is 0 Å². The first-order valence-electron chi connectivity index (χ1n) is 7.53. The predicted molar refractivity (Wildman–Crippen MR) is 73.2 cm³/mol. The maximum absolute atomic E-state index is 6.39. The largest absolute Gasteiger partial charge is 0.496 e. The van der Waals surface area contributed by atoms with E-state index in [4.69, 9.17) is 15.2 Å². The molecule has 0 radical (unpaired) electrons. The molecule has 3 nitrogen and oxygen atoms in total. The second-order valence-electron chi connectivity index (χ2n) is 5.44. The second-order valence-corrected chi connectivity index (χ2v) is 5.44. The molecular weight excluding hydrogens is 226 g/mol. The Kier molecular flexibility index (Phi) is 5.51. The first-order chi connectivity index (χ1) is 8.83. The molecule has 0 spiro atoms. The van der Waals surface area contributed by atoms with Gasteiger partial charge >= 0.3 is 0 Å². The summed E-state index contributed by atoms with van der Waals surface area (Å²) in [6.07, 6.45) is 11.0. The van der Waals surface area contributed by atoms with Crippen LogP contribution >= 0.6 is 0 Å². The molecule has 0 bridgehead atoms. The highest BCUT2D eigenvalue weighted by molar-refractivity contribution is 5.08. The second kappa shape index (κ2) is 7.15. The molecule has 3 heteroatoms. The topological polar surface area (TPSA) is 44.5 Å². The quantitative estimate of drug-likeness (QED) is 0.819. The van der Waals surface area contributed by atoms with Crippen molar-refractivity contribution in [2.45, 2.75) is 64.0 Å². The molecule has 2 aliphatic rings. The van der Waals surface area contributed by atoms with Gasteiger partial charge in [0, 0.05) is 6.61 Å². The van der Waals surface area contributed by atoms with Gasteiger partial charge in [-0.1, -0.05) is 19.3 Å². The first-order valence-corrected chi connectivity index (χ1v) is 7.53. The van der Waals surface area contributed by atoms with Crippen LogP contribution in [0.3, 0.4) is 0 Å². The Bertz CT molecular complexity index is 272. The van der Waals surface area contributed by atoms with Crippen LogP contribution < -0.4 is 5.73 Å². The lowest BCUT2D eigenvalue weighted by atomic mass is 9.82. The monoisotopic (exact) mass is 253 g/mol. The van der Waals surface area contributed by atoms with Gasteiger partial charge in [-0.25, -0.2) is 0 Å². The van der Waals surface area contributed by atoms with Crippen LogP contribution in [0.15, 0.2) is 11.8 Å². The van der Waals surface area contributed by atoms with Crippen molar-refractivity contribution in [3.05, 3.63) is 11.8 Å². The van der Waals surface area contributed by atoms with E-state index in [0.29, 0.717) is 5.92 Å². The van der Waals surface area contributed by atoms with Gasteiger partial charge in [0.05, 0.1) is 18.8 Å². The molecule has 0 aromatic rings. The SMILES string of the molecule is CCOC(C1CCCCC1)C(N)C1=CCCCO1. The molecule has 104 valence electrons. The van der Waals surface area contributed by atoms with Gasteiger partial charge in [-0.15, -0.1) is 0 Å². The smallest absolute Gasteiger partial charge is 0.111 e. The fourth-order valence-electron chi connectivity index (χ4n) is 3.16. The highest BCUT2D eigenvalue weighted by atomic mass is 16.5. The van der Waals surface area contributed by atoms with Crippen molar-refractivity contribution in [3.63, 3.8) is 0 Å².